The van der Waals surface area contributed by atoms with Crippen molar-refractivity contribution in [1.82, 2.24) is 5.06 Å². The van der Waals surface area contributed by atoms with E-state index in [1.165, 1.54) is 24.3 Å². The molecule has 0 atom stereocenters. The average molecular weight is 211 g/mol. The molecule has 1 amide bonds. The summed E-state index contributed by atoms with van der Waals surface area (Å²) < 4.78 is 0. The van der Waals surface area contributed by atoms with Crippen molar-refractivity contribution in [2.75, 3.05) is 6.54 Å². The molecule has 0 spiro atoms. The highest BCUT2D eigenvalue weighted by Crippen LogP contribution is 2.10. The number of amides is 1. The van der Waals surface area contributed by atoms with Crippen LogP contribution in [0.5, 0.6) is 0 Å². The topological polar surface area (TPSA) is 64.3 Å². The van der Waals surface area contributed by atoms with Crippen LogP contribution in [0.3, 0.4) is 0 Å². The quantitative estimate of drug-likeness (QED) is 0.459. The summed E-state index contributed by atoms with van der Waals surface area (Å²) in [5.74, 6) is -0.622. The number of hydroxylamine groups is 2. The van der Waals surface area contributed by atoms with E-state index in [2.05, 4.69) is 0 Å². The van der Waals surface area contributed by atoms with E-state index in [-0.39, 0.29) is 12.1 Å². The molecule has 0 saturated heterocycles. The Morgan fingerprint density at radius 1 is 1.50 bits per heavy atom. The van der Waals surface area contributed by atoms with E-state index in [0.29, 0.717) is 10.1 Å². The molecule has 1 rings (SSSR count). The maximum absolute atomic E-state index is 11.3. The van der Waals surface area contributed by atoms with Crippen molar-refractivity contribution in [3.05, 3.63) is 34.9 Å². The predicted molar refractivity (Wildman–Crippen MR) is 49.9 cm³/mol. The molecule has 1 aromatic carbocycles. The Bertz CT molecular complexity index is 369. The van der Waals surface area contributed by atoms with Crippen LogP contribution in [-0.2, 0) is 0 Å². The van der Waals surface area contributed by atoms with Crippen molar-refractivity contribution >= 4 is 17.5 Å². The van der Waals surface area contributed by atoms with Crippen molar-refractivity contribution in [2.24, 2.45) is 0 Å². The number of carbonyl (C=O) groups excluding carboxylic acids is 1. The SMILES string of the molecule is N#CCN(O)C(=O)c1ccc(Cl)cc1. The molecule has 0 bridgehead atoms. The Balaban J connectivity index is 2.80. The molecule has 72 valence electrons. The van der Waals surface area contributed by atoms with Crippen LogP contribution in [0.25, 0.3) is 0 Å². The first-order chi connectivity index (χ1) is 6.65. The maximum atomic E-state index is 11.3. The van der Waals surface area contributed by atoms with Crippen LogP contribution in [-0.4, -0.2) is 22.7 Å². The molecule has 0 fully saturated rings. The van der Waals surface area contributed by atoms with Gasteiger partial charge < -0.3 is 0 Å². The van der Waals surface area contributed by atoms with Gasteiger partial charge in [-0.15, -0.1) is 0 Å². The van der Waals surface area contributed by atoms with Crippen molar-refractivity contribution in [3.63, 3.8) is 0 Å². The smallest absolute Gasteiger partial charge is 0.278 e. The van der Waals surface area contributed by atoms with Gasteiger partial charge in [-0.2, -0.15) is 5.26 Å². The number of hydrogen-bond acceptors (Lipinski definition) is 3. The number of rotatable bonds is 2. The van der Waals surface area contributed by atoms with Crippen LogP contribution >= 0.6 is 11.6 Å². The molecule has 0 aliphatic rings. The molecule has 0 radical (unpaired) electrons. The second-order valence-corrected chi connectivity index (χ2v) is 2.96. The maximum Gasteiger partial charge on any atom is 0.278 e. The van der Waals surface area contributed by atoms with Gasteiger partial charge in [0, 0.05) is 10.6 Å². The average Bonchev–Trinajstić information content (AvgIpc) is 2.18. The summed E-state index contributed by atoms with van der Waals surface area (Å²) in [6, 6.07) is 7.69. The lowest BCUT2D eigenvalue weighted by molar-refractivity contribution is -0.0482. The van der Waals surface area contributed by atoms with Gasteiger partial charge in [-0.05, 0) is 24.3 Å². The molecular formula is C9H7ClN2O2. The molecule has 14 heavy (non-hydrogen) atoms. The number of carbonyl (C=O) groups is 1. The first-order valence-corrected chi connectivity index (χ1v) is 4.16. The van der Waals surface area contributed by atoms with E-state index in [9.17, 15) is 4.79 Å². The Morgan fingerprint density at radius 2 is 2.07 bits per heavy atom. The molecule has 0 heterocycles. The molecule has 1 aromatic rings. The molecule has 5 heteroatoms. The van der Waals surface area contributed by atoms with Crippen molar-refractivity contribution in [2.45, 2.75) is 0 Å². The zero-order valence-corrected chi connectivity index (χ0v) is 7.90. The highest BCUT2D eigenvalue weighted by molar-refractivity contribution is 6.30. The van der Waals surface area contributed by atoms with E-state index >= 15 is 0 Å². The van der Waals surface area contributed by atoms with Crippen LogP contribution in [0.1, 0.15) is 10.4 Å². The molecular weight excluding hydrogens is 204 g/mol. The van der Waals surface area contributed by atoms with Crippen molar-refractivity contribution in [3.8, 4) is 6.07 Å². The standard InChI is InChI=1S/C9H7ClN2O2/c10-8-3-1-7(2-4-8)9(13)12(14)6-5-11/h1-4,14H,6H2. The minimum atomic E-state index is -0.622. The number of benzene rings is 1. The van der Waals surface area contributed by atoms with E-state index in [1.54, 1.807) is 6.07 Å². The van der Waals surface area contributed by atoms with E-state index < -0.39 is 5.91 Å². The third-order valence-corrected chi connectivity index (χ3v) is 1.80. The van der Waals surface area contributed by atoms with Crippen LogP contribution in [0.15, 0.2) is 24.3 Å². The summed E-state index contributed by atoms with van der Waals surface area (Å²) >= 11 is 5.62. The van der Waals surface area contributed by atoms with Crippen molar-refractivity contribution in [1.29, 1.82) is 5.26 Å². The third kappa shape index (κ3) is 2.46. The van der Waals surface area contributed by atoms with Gasteiger partial charge in [-0.25, -0.2) is 5.06 Å². The molecule has 4 nitrogen and oxygen atoms in total. The lowest BCUT2D eigenvalue weighted by Crippen LogP contribution is -2.27. The predicted octanol–water partition coefficient (Wildman–Crippen LogP) is 1.69. The first kappa shape index (κ1) is 10.5. The summed E-state index contributed by atoms with van der Waals surface area (Å²) in [7, 11) is 0. The minimum Gasteiger partial charge on any atom is -0.285 e. The number of nitrogens with zero attached hydrogens (tertiary/aromatic N) is 2. The van der Waals surface area contributed by atoms with Gasteiger partial charge in [0.2, 0.25) is 0 Å². The number of hydrogen-bond donors (Lipinski definition) is 1. The Hall–Kier alpha value is -1.57. The zero-order chi connectivity index (χ0) is 10.6. The molecule has 0 aromatic heterocycles. The normalized spacial score (nSPS) is 9.21. The lowest BCUT2D eigenvalue weighted by atomic mass is 10.2. The Kier molecular flexibility index (Phi) is 3.46. The zero-order valence-electron chi connectivity index (χ0n) is 7.14. The van der Waals surface area contributed by atoms with Crippen LogP contribution in [0, 0.1) is 11.3 Å². The summed E-state index contributed by atoms with van der Waals surface area (Å²) in [5.41, 5.74) is 0.284. The number of halogens is 1. The van der Waals surface area contributed by atoms with Gasteiger partial charge in [0.25, 0.3) is 5.91 Å². The Morgan fingerprint density at radius 3 is 2.57 bits per heavy atom. The second-order valence-electron chi connectivity index (χ2n) is 2.53. The fraction of sp³-hybridized carbons (Fsp3) is 0.111. The summed E-state index contributed by atoms with van der Waals surface area (Å²) in [5, 5.41) is 18.2. The van der Waals surface area contributed by atoms with Crippen LogP contribution in [0.4, 0.5) is 0 Å². The molecule has 0 saturated carbocycles. The lowest BCUT2D eigenvalue weighted by Gasteiger charge is -2.10. The van der Waals surface area contributed by atoms with Crippen LogP contribution in [0.2, 0.25) is 5.02 Å². The third-order valence-electron chi connectivity index (χ3n) is 1.55. The summed E-state index contributed by atoms with van der Waals surface area (Å²) in [4.78, 5) is 11.3. The number of nitriles is 1. The van der Waals surface area contributed by atoms with Gasteiger partial charge in [-0.3, -0.25) is 10.0 Å². The highest BCUT2D eigenvalue weighted by Gasteiger charge is 2.12. The largest absolute Gasteiger partial charge is 0.285 e. The fourth-order valence-electron chi connectivity index (χ4n) is 0.880. The second kappa shape index (κ2) is 4.61. The molecule has 1 N–H and O–H groups in total. The van der Waals surface area contributed by atoms with E-state index in [0.717, 1.165) is 0 Å². The minimum absolute atomic E-state index is 0.284. The van der Waals surface area contributed by atoms with E-state index in [4.69, 9.17) is 22.1 Å². The van der Waals surface area contributed by atoms with Gasteiger partial charge in [0.1, 0.15) is 6.54 Å². The van der Waals surface area contributed by atoms with Gasteiger partial charge in [0.05, 0.1) is 6.07 Å². The van der Waals surface area contributed by atoms with Gasteiger partial charge in [-0.1, -0.05) is 11.6 Å². The van der Waals surface area contributed by atoms with Gasteiger partial charge in [0.15, 0.2) is 0 Å². The molecule has 0 aliphatic carbocycles. The summed E-state index contributed by atoms with van der Waals surface area (Å²) in [6.45, 7) is -0.360. The highest BCUT2D eigenvalue weighted by atomic mass is 35.5. The Labute approximate surface area is 85.9 Å². The van der Waals surface area contributed by atoms with Crippen molar-refractivity contribution < 1.29 is 10.0 Å². The van der Waals surface area contributed by atoms with E-state index in [1.807, 2.05) is 0 Å². The molecule has 0 unspecified atom stereocenters. The fourth-order valence-corrected chi connectivity index (χ4v) is 1.01. The summed E-state index contributed by atoms with van der Waals surface area (Å²) in [6.07, 6.45) is 0. The van der Waals surface area contributed by atoms with Crippen LogP contribution < -0.4 is 0 Å². The first-order valence-electron chi connectivity index (χ1n) is 3.78. The molecule has 0 aliphatic heterocycles. The van der Waals surface area contributed by atoms with Gasteiger partial charge >= 0.3 is 0 Å². The monoisotopic (exact) mass is 210 g/mol.